The molecule has 0 aromatic heterocycles. The number of hydrogen-bond acceptors (Lipinski definition) is 3. The highest BCUT2D eigenvalue weighted by molar-refractivity contribution is 5.94. The van der Waals surface area contributed by atoms with E-state index in [0.29, 0.717) is 31.7 Å². The summed E-state index contributed by atoms with van der Waals surface area (Å²) in [6.07, 6.45) is 2.51. The van der Waals surface area contributed by atoms with Crippen LogP contribution in [0.2, 0.25) is 0 Å². The standard InChI is InChI=1S/C17H25NO3/c1-3-4-11-21-15-7-5-14(6-8-15)17(20)18-10-9-16(19)13(2)12-18/h5-8,13,16,19H,3-4,9-12H2,1-2H3. The van der Waals surface area contributed by atoms with Crippen molar-refractivity contribution >= 4 is 5.91 Å². The van der Waals surface area contributed by atoms with Crippen LogP contribution in [0.5, 0.6) is 5.75 Å². The SMILES string of the molecule is CCCCOc1ccc(C(=O)N2CCC(O)C(C)C2)cc1. The van der Waals surface area contributed by atoms with Crippen molar-refractivity contribution in [3.63, 3.8) is 0 Å². The zero-order valence-corrected chi connectivity index (χ0v) is 12.9. The average Bonchev–Trinajstić information content (AvgIpc) is 2.50. The van der Waals surface area contributed by atoms with Crippen molar-refractivity contribution in [2.45, 2.75) is 39.2 Å². The molecule has 116 valence electrons. The van der Waals surface area contributed by atoms with E-state index in [0.717, 1.165) is 18.6 Å². The predicted molar refractivity (Wildman–Crippen MR) is 82.5 cm³/mol. The molecule has 0 bridgehead atoms. The zero-order chi connectivity index (χ0) is 15.2. The van der Waals surface area contributed by atoms with Gasteiger partial charge >= 0.3 is 0 Å². The van der Waals surface area contributed by atoms with Crippen LogP contribution in [0.3, 0.4) is 0 Å². The van der Waals surface area contributed by atoms with Crippen molar-refractivity contribution in [2.75, 3.05) is 19.7 Å². The first kappa shape index (κ1) is 15.8. The van der Waals surface area contributed by atoms with Crippen LogP contribution in [0.1, 0.15) is 43.5 Å². The molecule has 1 N–H and O–H groups in total. The van der Waals surface area contributed by atoms with Crippen LogP contribution in [0, 0.1) is 5.92 Å². The van der Waals surface area contributed by atoms with Gasteiger partial charge in [0.1, 0.15) is 5.75 Å². The number of carbonyl (C=O) groups excluding carboxylic acids is 1. The lowest BCUT2D eigenvalue weighted by Gasteiger charge is -2.34. The van der Waals surface area contributed by atoms with E-state index in [2.05, 4.69) is 6.92 Å². The maximum atomic E-state index is 12.4. The van der Waals surface area contributed by atoms with Gasteiger partial charge in [0.15, 0.2) is 0 Å². The quantitative estimate of drug-likeness (QED) is 0.849. The van der Waals surface area contributed by atoms with Crippen LogP contribution in [0.15, 0.2) is 24.3 Å². The van der Waals surface area contributed by atoms with Crippen LogP contribution in [0.25, 0.3) is 0 Å². The Morgan fingerprint density at radius 3 is 2.71 bits per heavy atom. The third-order valence-electron chi connectivity index (χ3n) is 4.02. The van der Waals surface area contributed by atoms with E-state index in [9.17, 15) is 9.90 Å². The van der Waals surface area contributed by atoms with Gasteiger partial charge in [0.05, 0.1) is 12.7 Å². The number of amides is 1. The highest BCUT2D eigenvalue weighted by atomic mass is 16.5. The number of ether oxygens (including phenoxy) is 1. The topological polar surface area (TPSA) is 49.8 Å². The maximum Gasteiger partial charge on any atom is 0.253 e. The number of hydrogen-bond donors (Lipinski definition) is 1. The van der Waals surface area contributed by atoms with Gasteiger partial charge in [-0.3, -0.25) is 4.79 Å². The molecule has 1 heterocycles. The van der Waals surface area contributed by atoms with Crippen molar-refractivity contribution in [1.82, 2.24) is 4.90 Å². The normalized spacial score (nSPS) is 22.1. The molecule has 1 aliphatic rings. The molecule has 0 saturated carbocycles. The molecule has 2 atom stereocenters. The van der Waals surface area contributed by atoms with E-state index < -0.39 is 0 Å². The number of aliphatic hydroxyl groups is 1. The minimum Gasteiger partial charge on any atom is -0.494 e. The number of likely N-dealkylation sites (tertiary alicyclic amines) is 1. The Bertz CT molecular complexity index is 458. The van der Waals surface area contributed by atoms with Crippen LogP contribution in [0.4, 0.5) is 0 Å². The van der Waals surface area contributed by atoms with Gasteiger partial charge in [0.25, 0.3) is 5.91 Å². The summed E-state index contributed by atoms with van der Waals surface area (Å²) in [6.45, 7) is 6.07. The van der Waals surface area contributed by atoms with Gasteiger partial charge in [-0.25, -0.2) is 0 Å². The summed E-state index contributed by atoms with van der Waals surface area (Å²) in [7, 11) is 0. The smallest absolute Gasteiger partial charge is 0.253 e. The Hall–Kier alpha value is -1.55. The Kier molecular flexibility index (Phi) is 5.62. The Balaban J connectivity index is 1.93. The number of unbranched alkanes of at least 4 members (excludes halogenated alkanes) is 1. The molecule has 1 aromatic carbocycles. The van der Waals surface area contributed by atoms with Crippen LogP contribution >= 0.6 is 0 Å². The molecule has 4 nitrogen and oxygen atoms in total. The lowest BCUT2D eigenvalue weighted by atomic mass is 9.96. The van der Waals surface area contributed by atoms with Gasteiger partial charge in [0.2, 0.25) is 0 Å². The van der Waals surface area contributed by atoms with Crippen LogP contribution in [-0.2, 0) is 0 Å². The summed E-state index contributed by atoms with van der Waals surface area (Å²) in [6, 6.07) is 7.34. The monoisotopic (exact) mass is 291 g/mol. The molecule has 0 spiro atoms. The lowest BCUT2D eigenvalue weighted by Crippen LogP contribution is -2.44. The van der Waals surface area contributed by atoms with E-state index in [1.807, 2.05) is 36.1 Å². The molecule has 1 aromatic rings. The first-order valence-corrected chi connectivity index (χ1v) is 7.82. The van der Waals surface area contributed by atoms with Gasteiger partial charge < -0.3 is 14.7 Å². The third kappa shape index (κ3) is 4.21. The summed E-state index contributed by atoms with van der Waals surface area (Å²) in [5.41, 5.74) is 0.682. The number of nitrogens with zero attached hydrogens (tertiary/aromatic N) is 1. The van der Waals surface area contributed by atoms with Gasteiger partial charge in [-0.15, -0.1) is 0 Å². The highest BCUT2D eigenvalue weighted by Crippen LogP contribution is 2.20. The molecule has 2 rings (SSSR count). The molecule has 2 unspecified atom stereocenters. The Labute approximate surface area is 126 Å². The molecule has 0 aliphatic carbocycles. The van der Waals surface area contributed by atoms with Crippen LogP contribution in [-0.4, -0.2) is 41.7 Å². The minimum absolute atomic E-state index is 0.0360. The fourth-order valence-electron chi connectivity index (χ4n) is 2.53. The first-order chi connectivity index (χ1) is 10.1. The molecular weight excluding hydrogens is 266 g/mol. The summed E-state index contributed by atoms with van der Waals surface area (Å²) in [5, 5.41) is 9.73. The highest BCUT2D eigenvalue weighted by Gasteiger charge is 2.27. The van der Waals surface area contributed by atoms with Crippen molar-refractivity contribution in [2.24, 2.45) is 5.92 Å². The fraction of sp³-hybridized carbons (Fsp3) is 0.588. The van der Waals surface area contributed by atoms with Crippen LogP contribution < -0.4 is 4.74 Å². The maximum absolute atomic E-state index is 12.4. The summed E-state index contributed by atoms with van der Waals surface area (Å²) >= 11 is 0. The molecule has 4 heteroatoms. The van der Waals surface area contributed by atoms with E-state index in [1.54, 1.807) is 0 Å². The predicted octanol–water partition coefficient (Wildman–Crippen LogP) is 2.71. The van der Waals surface area contributed by atoms with Gasteiger partial charge in [-0.1, -0.05) is 20.3 Å². The first-order valence-electron chi connectivity index (χ1n) is 7.82. The second-order valence-corrected chi connectivity index (χ2v) is 5.81. The summed E-state index contributed by atoms with van der Waals surface area (Å²) in [4.78, 5) is 14.3. The average molecular weight is 291 g/mol. The van der Waals surface area contributed by atoms with Gasteiger partial charge in [-0.05, 0) is 43.0 Å². The Morgan fingerprint density at radius 1 is 1.38 bits per heavy atom. The van der Waals surface area contributed by atoms with Gasteiger partial charge in [-0.2, -0.15) is 0 Å². The summed E-state index contributed by atoms with van der Waals surface area (Å²) in [5.74, 6) is 0.982. The molecule has 0 radical (unpaired) electrons. The molecule has 1 aliphatic heterocycles. The fourth-order valence-corrected chi connectivity index (χ4v) is 2.53. The number of benzene rings is 1. The molecule has 1 fully saturated rings. The molecule has 1 saturated heterocycles. The number of rotatable bonds is 5. The van der Waals surface area contributed by atoms with Crippen molar-refractivity contribution in [1.29, 1.82) is 0 Å². The zero-order valence-electron chi connectivity index (χ0n) is 12.9. The second-order valence-electron chi connectivity index (χ2n) is 5.81. The van der Waals surface area contributed by atoms with Gasteiger partial charge in [0, 0.05) is 18.7 Å². The minimum atomic E-state index is -0.289. The number of piperidine rings is 1. The van der Waals surface area contributed by atoms with E-state index in [1.165, 1.54) is 0 Å². The van der Waals surface area contributed by atoms with Crippen molar-refractivity contribution < 1.29 is 14.6 Å². The van der Waals surface area contributed by atoms with Crippen molar-refractivity contribution in [3.05, 3.63) is 29.8 Å². The van der Waals surface area contributed by atoms with E-state index >= 15 is 0 Å². The molecule has 21 heavy (non-hydrogen) atoms. The second kappa shape index (κ2) is 7.46. The molecule has 1 amide bonds. The number of carbonyl (C=O) groups is 1. The third-order valence-corrected chi connectivity index (χ3v) is 4.02. The Morgan fingerprint density at radius 2 is 2.10 bits per heavy atom. The largest absolute Gasteiger partial charge is 0.494 e. The summed E-state index contributed by atoms with van der Waals surface area (Å²) < 4.78 is 5.60. The van der Waals surface area contributed by atoms with Crippen molar-refractivity contribution in [3.8, 4) is 5.75 Å². The van der Waals surface area contributed by atoms with E-state index in [-0.39, 0.29) is 17.9 Å². The molecular formula is C17H25NO3. The lowest BCUT2D eigenvalue weighted by molar-refractivity contribution is 0.0297. The number of aliphatic hydroxyl groups excluding tert-OH is 1. The van der Waals surface area contributed by atoms with E-state index in [4.69, 9.17) is 4.74 Å².